The molecule has 8 heteroatoms. The van der Waals surface area contributed by atoms with E-state index in [1.54, 1.807) is 25.5 Å². The fourth-order valence-corrected chi connectivity index (χ4v) is 4.41. The second-order valence-electron chi connectivity index (χ2n) is 7.25. The SMILES string of the molecule is COc1ccc(CCn2c(-c3csc(-c4ccc(F)cc4F)n3)cc(C(=O)O)c2C)cc1. The van der Waals surface area contributed by atoms with E-state index in [-0.39, 0.29) is 11.1 Å². The normalized spacial score (nSPS) is 11.0. The van der Waals surface area contributed by atoms with Gasteiger partial charge in [0.15, 0.2) is 0 Å². The first kappa shape index (κ1) is 21.7. The van der Waals surface area contributed by atoms with E-state index in [2.05, 4.69) is 4.98 Å². The maximum Gasteiger partial charge on any atom is 0.337 e. The van der Waals surface area contributed by atoms with E-state index in [0.717, 1.165) is 17.4 Å². The van der Waals surface area contributed by atoms with Gasteiger partial charge in [0.05, 0.1) is 24.1 Å². The van der Waals surface area contributed by atoms with Gasteiger partial charge in [-0.3, -0.25) is 0 Å². The molecule has 0 fully saturated rings. The third-order valence-electron chi connectivity index (χ3n) is 5.31. The average molecular weight is 454 g/mol. The van der Waals surface area contributed by atoms with Crippen LogP contribution in [0.25, 0.3) is 22.0 Å². The summed E-state index contributed by atoms with van der Waals surface area (Å²) in [7, 11) is 1.61. The summed E-state index contributed by atoms with van der Waals surface area (Å²) in [5.74, 6) is -1.60. The summed E-state index contributed by atoms with van der Waals surface area (Å²) >= 11 is 1.22. The highest BCUT2D eigenvalue weighted by Crippen LogP contribution is 2.33. The minimum Gasteiger partial charge on any atom is -0.497 e. The maximum absolute atomic E-state index is 14.2. The lowest BCUT2D eigenvalue weighted by Crippen LogP contribution is -2.07. The Morgan fingerprint density at radius 2 is 1.91 bits per heavy atom. The first-order valence-corrected chi connectivity index (χ1v) is 10.7. The van der Waals surface area contributed by atoms with Gasteiger partial charge in [0.25, 0.3) is 0 Å². The Hall–Kier alpha value is -3.52. The van der Waals surface area contributed by atoms with Crippen molar-refractivity contribution in [1.29, 1.82) is 0 Å². The molecule has 2 aromatic carbocycles. The van der Waals surface area contributed by atoms with Crippen LogP contribution in [-0.4, -0.2) is 27.7 Å². The molecule has 0 radical (unpaired) electrons. The van der Waals surface area contributed by atoms with Crippen molar-refractivity contribution in [2.45, 2.75) is 19.9 Å². The van der Waals surface area contributed by atoms with Gasteiger partial charge in [0.2, 0.25) is 0 Å². The molecule has 0 aliphatic carbocycles. The fraction of sp³-hybridized carbons (Fsp3) is 0.167. The number of aromatic carboxylic acids is 1. The number of hydrogen-bond donors (Lipinski definition) is 1. The predicted octanol–water partition coefficient (Wildman–Crippen LogP) is 5.81. The number of methoxy groups -OCH3 is 1. The van der Waals surface area contributed by atoms with Gasteiger partial charge < -0.3 is 14.4 Å². The van der Waals surface area contributed by atoms with Crippen LogP contribution in [0.15, 0.2) is 53.9 Å². The van der Waals surface area contributed by atoms with Gasteiger partial charge in [-0.1, -0.05) is 12.1 Å². The molecule has 0 saturated heterocycles. The smallest absolute Gasteiger partial charge is 0.337 e. The number of nitrogens with zero attached hydrogens (tertiary/aromatic N) is 2. The summed E-state index contributed by atoms with van der Waals surface area (Å²) in [4.78, 5) is 16.3. The number of hydrogen-bond acceptors (Lipinski definition) is 4. The topological polar surface area (TPSA) is 64.4 Å². The first-order valence-electron chi connectivity index (χ1n) is 9.85. The Balaban J connectivity index is 1.68. The number of carbonyl (C=O) groups is 1. The molecule has 0 aliphatic rings. The van der Waals surface area contributed by atoms with Crippen molar-refractivity contribution in [3.8, 4) is 27.7 Å². The van der Waals surface area contributed by atoms with Crippen molar-refractivity contribution in [2.24, 2.45) is 0 Å². The number of carboxylic acids is 1. The molecule has 4 aromatic rings. The fourth-order valence-electron chi connectivity index (χ4n) is 3.57. The molecule has 0 saturated carbocycles. The van der Waals surface area contributed by atoms with Crippen LogP contribution in [0.4, 0.5) is 8.78 Å². The van der Waals surface area contributed by atoms with Crippen LogP contribution in [0.1, 0.15) is 21.6 Å². The van der Waals surface area contributed by atoms with E-state index in [1.165, 1.54) is 23.5 Å². The van der Waals surface area contributed by atoms with Crippen LogP contribution in [0.3, 0.4) is 0 Å². The molecule has 1 N–H and O–H groups in total. The third kappa shape index (κ3) is 4.27. The maximum atomic E-state index is 14.2. The number of aromatic nitrogens is 2. The summed E-state index contributed by atoms with van der Waals surface area (Å²) in [6.45, 7) is 2.30. The lowest BCUT2D eigenvalue weighted by molar-refractivity contribution is 0.0696. The number of thiazole rings is 1. The summed E-state index contributed by atoms with van der Waals surface area (Å²) in [6.07, 6.45) is 0.676. The summed E-state index contributed by atoms with van der Waals surface area (Å²) in [6, 6.07) is 12.6. The summed E-state index contributed by atoms with van der Waals surface area (Å²) < 4.78 is 34.5. The van der Waals surface area contributed by atoms with Crippen LogP contribution >= 0.6 is 11.3 Å². The van der Waals surface area contributed by atoms with Gasteiger partial charge in [0, 0.05) is 29.2 Å². The zero-order valence-electron chi connectivity index (χ0n) is 17.4. The number of ether oxygens (including phenoxy) is 1. The van der Waals surface area contributed by atoms with E-state index in [9.17, 15) is 18.7 Å². The van der Waals surface area contributed by atoms with E-state index in [0.29, 0.717) is 35.1 Å². The third-order valence-corrected chi connectivity index (χ3v) is 6.18. The van der Waals surface area contributed by atoms with E-state index in [1.807, 2.05) is 28.8 Å². The molecular weight excluding hydrogens is 434 g/mol. The van der Waals surface area contributed by atoms with Gasteiger partial charge in [-0.2, -0.15) is 0 Å². The first-order chi connectivity index (χ1) is 15.4. The second-order valence-corrected chi connectivity index (χ2v) is 8.10. The van der Waals surface area contributed by atoms with Crippen molar-refractivity contribution in [3.05, 3.63) is 82.4 Å². The highest BCUT2D eigenvalue weighted by molar-refractivity contribution is 7.13. The van der Waals surface area contributed by atoms with Crippen LogP contribution in [-0.2, 0) is 13.0 Å². The summed E-state index contributed by atoms with van der Waals surface area (Å²) in [5.41, 5.74) is 3.27. The van der Waals surface area contributed by atoms with Crippen LogP contribution in [0.5, 0.6) is 5.75 Å². The van der Waals surface area contributed by atoms with Gasteiger partial charge in [0.1, 0.15) is 22.4 Å². The molecule has 2 heterocycles. The number of aryl methyl sites for hydroxylation is 1. The average Bonchev–Trinajstić information content (AvgIpc) is 3.37. The number of benzene rings is 2. The molecule has 0 bridgehead atoms. The molecule has 32 heavy (non-hydrogen) atoms. The zero-order valence-corrected chi connectivity index (χ0v) is 18.2. The molecular formula is C24H20F2N2O3S. The highest BCUT2D eigenvalue weighted by atomic mass is 32.1. The minimum atomic E-state index is -1.02. The van der Waals surface area contributed by atoms with Gasteiger partial charge in [-0.05, 0) is 49.2 Å². The Morgan fingerprint density at radius 3 is 2.56 bits per heavy atom. The Kier molecular flexibility index (Phi) is 6.05. The lowest BCUT2D eigenvalue weighted by atomic mass is 10.1. The number of carboxylic acid groups (broad SMARTS) is 1. The second kappa shape index (κ2) is 8.92. The Morgan fingerprint density at radius 1 is 1.16 bits per heavy atom. The highest BCUT2D eigenvalue weighted by Gasteiger charge is 2.20. The van der Waals surface area contributed by atoms with Crippen LogP contribution < -0.4 is 4.74 Å². The van der Waals surface area contributed by atoms with Gasteiger partial charge in [-0.15, -0.1) is 11.3 Å². The van der Waals surface area contributed by atoms with E-state index < -0.39 is 17.6 Å². The molecule has 0 amide bonds. The minimum absolute atomic E-state index is 0.192. The van der Waals surface area contributed by atoms with Gasteiger partial charge >= 0.3 is 5.97 Å². The molecule has 164 valence electrons. The summed E-state index contributed by atoms with van der Waals surface area (Å²) in [5, 5.41) is 11.8. The van der Waals surface area contributed by atoms with Gasteiger partial charge in [-0.25, -0.2) is 18.6 Å². The van der Waals surface area contributed by atoms with Crippen molar-refractivity contribution in [1.82, 2.24) is 9.55 Å². The standard InChI is InChI=1S/C24H20F2N2O3S/c1-14-19(24(29)30)12-22(28(14)10-9-15-3-6-17(31-2)7-4-15)21-13-32-23(27-21)18-8-5-16(25)11-20(18)26/h3-8,11-13H,9-10H2,1-2H3,(H,29,30). The Bertz CT molecular complexity index is 1280. The predicted molar refractivity (Wildman–Crippen MR) is 119 cm³/mol. The number of halogens is 2. The molecule has 4 rings (SSSR count). The van der Waals surface area contributed by atoms with Crippen molar-refractivity contribution in [2.75, 3.05) is 7.11 Å². The van der Waals surface area contributed by atoms with E-state index in [4.69, 9.17) is 4.74 Å². The van der Waals surface area contributed by atoms with Crippen molar-refractivity contribution in [3.63, 3.8) is 0 Å². The molecule has 5 nitrogen and oxygen atoms in total. The molecule has 2 aromatic heterocycles. The molecule has 0 aliphatic heterocycles. The zero-order chi connectivity index (χ0) is 22.8. The largest absolute Gasteiger partial charge is 0.497 e. The van der Waals surface area contributed by atoms with Crippen LogP contribution in [0.2, 0.25) is 0 Å². The number of rotatable bonds is 7. The quantitative estimate of drug-likeness (QED) is 0.383. The van der Waals surface area contributed by atoms with E-state index >= 15 is 0 Å². The van der Waals surface area contributed by atoms with Crippen molar-refractivity contribution >= 4 is 17.3 Å². The molecule has 0 spiro atoms. The monoisotopic (exact) mass is 454 g/mol. The Labute approximate surface area is 187 Å². The van der Waals surface area contributed by atoms with Crippen LogP contribution in [0, 0.1) is 18.6 Å². The lowest BCUT2D eigenvalue weighted by Gasteiger charge is -2.11. The molecule has 0 atom stereocenters. The van der Waals surface area contributed by atoms with Crippen molar-refractivity contribution < 1.29 is 23.4 Å². The molecule has 0 unspecified atom stereocenters.